The Morgan fingerprint density at radius 1 is 1.56 bits per heavy atom. The minimum Gasteiger partial charge on any atom is -0.383 e. The van der Waals surface area contributed by atoms with Gasteiger partial charge in [0.25, 0.3) is 15.0 Å². The number of carbonyl (C=O) groups is 1. The zero-order chi connectivity index (χ0) is 13.9. The minimum atomic E-state index is -3.79. The highest BCUT2D eigenvalue weighted by atomic mass is 35.7. The van der Waals surface area contributed by atoms with E-state index in [0.717, 1.165) is 11.3 Å². The molecule has 1 aromatic heterocycles. The van der Waals surface area contributed by atoms with Crippen molar-refractivity contribution in [3.8, 4) is 0 Å². The second-order valence-corrected chi connectivity index (χ2v) is 7.36. The molecule has 0 N–H and O–H groups in total. The monoisotopic (exact) mass is 311 g/mol. The van der Waals surface area contributed by atoms with Crippen molar-refractivity contribution in [1.29, 1.82) is 0 Å². The van der Waals surface area contributed by atoms with Crippen molar-refractivity contribution < 1.29 is 17.9 Å². The first-order valence-electron chi connectivity index (χ1n) is 5.06. The Labute approximate surface area is 115 Å². The zero-order valence-corrected chi connectivity index (χ0v) is 12.7. The number of carbonyl (C=O) groups excluding carboxylic acids is 1. The second kappa shape index (κ2) is 6.01. The number of nitrogens with zero attached hydrogens (tertiary/aromatic N) is 1. The summed E-state index contributed by atoms with van der Waals surface area (Å²) in [6.07, 6.45) is 0. The lowest BCUT2D eigenvalue weighted by Gasteiger charge is -2.16. The van der Waals surface area contributed by atoms with Gasteiger partial charge in [-0.05, 0) is 12.5 Å². The van der Waals surface area contributed by atoms with Crippen LogP contribution in [0.2, 0.25) is 0 Å². The van der Waals surface area contributed by atoms with E-state index in [-0.39, 0.29) is 10.1 Å². The molecule has 102 valence electrons. The van der Waals surface area contributed by atoms with Gasteiger partial charge in [-0.1, -0.05) is 0 Å². The van der Waals surface area contributed by atoms with Gasteiger partial charge in [-0.25, -0.2) is 8.42 Å². The van der Waals surface area contributed by atoms with E-state index in [1.54, 1.807) is 21.1 Å². The largest absolute Gasteiger partial charge is 0.383 e. The van der Waals surface area contributed by atoms with Gasteiger partial charge in [0.15, 0.2) is 0 Å². The van der Waals surface area contributed by atoms with Crippen LogP contribution in [0.15, 0.2) is 9.59 Å². The fourth-order valence-corrected chi connectivity index (χ4v) is 3.93. The van der Waals surface area contributed by atoms with Crippen molar-refractivity contribution in [3.63, 3.8) is 0 Å². The SMILES string of the molecule is COCCN(C)C(=O)c1csc(S(=O)(=O)Cl)c1C. The number of thiophene rings is 1. The number of amides is 1. The predicted octanol–water partition coefficient (Wildman–Crippen LogP) is 1.70. The predicted molar refractivity (Wildman–Crippen MR) is 70.9 cm³/mol. The smallest absolute Gasteiger partial charge is 0.271 e. The normalized spacial score (nSPS) is 11.6. The van der Waals surface area contributed by atoms with Crippen LogP contribution in [0, 0.1) is 6.92 Å². The molecule has 0 radical (unpaired) electrons. The Balaban J connectivity index is 2.98. The molecular formula is C10H14ClNO4S2. The maximum atomic E-state index is 12.1. The summed E-state index contributed by atoms with van der Waals surface area (Å²) in [5.74, 6) is -0.243. The van der Waals surface area contributed by atoms with E-state index in [2.05, 4.69) is 0 Å². The molecule has 18 heavy (non-hydrogen) atoms. The Kier molecular flexibility index (Phi) is 5.15. The number of rotatable bonds is 5. The molecule has 0 bridgehead atoms. The van der Waals surface area contributed by atoms with Crippen molar-refractivity contribution in [3.05, 3.63) is 16.5 Å². The molecule has 0 saturated heterocycles. The number of halogens is 1. The second-order valence-electron chi connectivity index (χ2n) is 3.72. The number of methoxy groups -OCH3 is 1. The summed E-state index contributed by atoms with van der Waals surface area (Å²) in [4.78, 5) is 13.5. The van der Waals surface area contributed by atoms with Crippen LogP contribution in [0.1, 0.15) is 15.9 Å². The van der Waals surface area contributed by atoms with Crippen molar-refractivity contribution in [2.24, 2.45) is 0 Å². The summed E-state index contributed by atoms with van der Waals surface area (Å²) >= 11 is 0.954. The maximum absolute atomic E-state index is 12.1. The molecule has 0 fully saturated rings. The molecule has 1 rings (SSSR count). The van der Waals surface area contributed by atoms with E-state index in [1.807, 2.05) is 0 Å². The fourth-order valence-electron chi connectivity index (χ4n) is 1.39. The lowest BCUT2D eigenvalue weighted by molar-refractivity contribution is 0.0744. The molecule has 8 heteroatoms. The third kappa shape index (κ3) is 3.44. The Hall–Kier alpha value is -0.630. The first kappa shape index (κ1) is 15.4. The molecule has 0 aliphatic rings. The van der Waals surface area contributed by atoms with Gasteiger partial charge in [0.2, 0.25) is 0 Å². The summed E-state index contributed by atoms with van der Waals surface area (Å²) in [6.45, 7) is 2.43. The van der Waals surface area contributed by atoms with Gasteiger partial charge in [0.1, 0.15) is 4.21 Å². The molecule has 0 spiro atoms. The topological polar surface area (TPSA) is 63.7 Å². The fraction of sp³-hybridized carbons (Fsp3) is 0.500. The molecule has 0 unspecified atom stereocenters. The third-order valence-electron chi connectivity index (χ3n) is 2.42. The zero-order valence-electron chi connectivity index (χ0n) is 10.3. The van der Waals surface area contributed by atoms with Gasteiger partial charge in [-0.15, -0.1) is 11.3 Å². The molecule has 0 saturated carbocycles. The minimum absolute atomic E-state index is 0.0210. The van der Waals surface area contributed by atoms with Crippen LogP contribution in [0.5, 0.6) is 0 Å². The molecule has 0 aromatic carbocycles. The average Bonchev–Trinajstić information content (AvgIpc) is 2.66. The molecule has 0 aliphatic carbocycles. The molecule has 1 heterocycles. The van der Waals surface area contributed by atoms with Crippen molar-refractivity contribution in [1.82, 2.24) is 4.90 Å². The van der Waals surface area contributed by atoms with Gasteiger partial charge >= 0.3 is 0 Å². The van der Waals surface area contributed by atoms with Gasteiger partial charge in [0, 0.05) is 36.8 Å². The van der Waals surface area contributed by atoms with E-state index in [9.17, 15) is 13.2 Å². The Morgan fingerprint density at radius 2 is 2.17 bits per heavy atom. The van der Waals surface area contributed by atoms with Gasteiger partial charge < -0.3 is 9.64 Å². The highest BCUT2D eigenvalue weighted by molar-refractivity contribution is 8.15. The van der Waals surface area contributed by atoms with Gasteiger partial charge in [0.05, 0.1) is 12.2 Å². The number of likely N-dealkylation sites (N-methyl/N-ethyl adjacent to an activating group) is 1. The highest BCUT2D eigenvalue weighted by Crippen LogP contribution is 2.29. The lowest BCUT2D eigenvalue weighted by atomic mass is 10.2. The number of ether oxygens (including phenoxy) is 1. The first-order valence-corrected chi connectivity index (χ1v) is 8.25. The molecular weight excluding hydrogens is 298 g/mol. The van der Waals surface area contributed by atoms with E-state index < -0.39 is 9.05 Å². The maximum Gasteiger partial charge on any atom is 0.271 e. The summed E-state index contributed by atoms with van der Waals surface area (Å²) < 4.78 is 27.4. The third-order valence-corrected chi connectivity index (χ3v) is 5.73. The standard InChI is InChI=1S/C10H14ClNO4S2/c1-7-8(6-17-10(7)18(11,14)15)9(13)12(2)4-5-16-3/h6H,4-5H2,1-3H3. The van der Waals surface area contributed by atoms with Crippen molar-refractivity contribution in [2.45, 2.75) is 11.1 Å². The summed E-state index contributed by atoms with van der Waals surface area (Å²) in [5.41, 5.74) is 0.752. The highest BCUT2D eigenvalue weighted by Gasteiger charge is 2.23. The average molecular weight is 312 g/mol. The van der Waals surface area contributed by atoms with Crippen LogP contribution >= 0.6 is 22.0 Å². The Bertz CT molecular complexity index is 538. The molecule has 0 aliphatic heterocycles. The van der Waals surface area contributed by atoms with Crippen LogP contribution in [-0.2, 0) is 13.8 Å². The molecule has 1 amide bonds. The molecule has 0 atom stereocenters. The van der Waals surface area contributed by atoms with E-state index in [1.165, 1.54) is 10.3 Å². The number of hydrogen-bond acceptors (Lipinski definition) is 5. The van der Waals surface area contributed by atoms with Crippen LogP contribution in [-0.4, -0.2) is 46.5 Å². The first-order chi connectivity index (χ1) is 8.29. The van der Waals surface area contributed by atoms with Crippen LogP contribution in [0.4, 0.5) is 0 Å². The van der Waals surface area contributed by atoms with E-state index in [0.29, 0.717) is 24.3 Å². The Morgan fingerprint density at radius 3 is 2.61 bits per heavy atom. The summed E-state index contributed by atoms with van der Waals surface area (Å²) in [7, 11) is 4.67. The van der Waals surface area contributed by atoms with Gasteiger partial charge in [-0.3, -0.25) is 4.79 Å². The van der Waals surface area contributed by atoms with Gasteiger partial charge in [-0.2, -0.15) is 0 Å². The van der Waals surface area contributed by atoms with E-state index >= 15 is 0 Å². The number of hydrogen-bond donors (Lipinski definition) is 0. The molecule has 5 nitrogen and oxygen atoms in total. The van der Waals surface area contributed by atoms with Crippen LogP contribution < -0.4 is 0 Å². The molecule has 1 aromatic rings. The van der Waals surface area contributed by atoms with Crippen molar-refractivity contribution >= 4 is 37.0 Å². The van der Waals surface area contributed by atoms with Crippen LogP contribution in [0.25, 0.3) is 0 Å². The quantitative estimate of drug-likeness (QED) is 0.777. The van der Waals surface area contributed by atoms with E-state index in [4.69, 9.17) is 15.4 Å². The summed E-state index contributed by atoms with van der Waals surface area (Å²) in [6, 6.07) is 0. The van der Waals surface area contributed by atoms with Crippen LogP contribution in [0.3, 0.4) is 0 Å². The van der Waals surface area contributed by atoms with Crippen molar-refractivity contribution in [2.75, 3.05) is 27.3 Å². The lowest BCUT2D eigenvalue weighted by Crippen LogP contribution is -2.30. The summed E-state index contributed by atoms with van der Waals surface area (Å²) in [5, 5.41) is 1.51.